The Bertz CT molecular complexity index is 431. The van der Waals surface area contributed by atoms with E-state index in [0.717, 1.165) is 17.8 Å². The van der Waals surface area contributed by atoms with Gasteiger partial charge in [0.2, 0.25) is 0 Å². The van der Waals surface area contributed by atoms with E-state index < -0.39 is 0 Å². The first-order chi connectivity index (χ1) is 7.33. The summed E-state index contributed by atoms with van der Waals surface area (Å²) >= 11 is 0. The van der Waals surface area contributed by atoms with Crippen molar-refractivity contribution in [2.45, 2.75) is 13.3 Å². The summed E-state index contributed by atoms with van der Waals surface area (Å²) in [6, 6.07) is 10.3. The van der Waals surface area contributed by atoms with Gasteiger partial charge < -0.3 is 5.73 Å². The number of nitrogens with two attached hydrogens (primary N) is 1. The second kappa shape index (κ2) is 4.28. The maximum Gasteiger partial charge on any atom is 0.0715 e. The highest BCUT2D eigenvalue weighted by molar-refractivity contribution is 5.68. The molecule has 0 saturated carbocycles. The molecule has 0 fully saturated rings. The van der Waals surface area contributed by atoms with E-state index in [4.69, 9.17) is 5.73 Å². The Morgan fingerprint density at radius 2 is 2.00 bits per heavy atom. The number of hydrogen-bond acceptors (Lipinski definition) is 2. The molecule has 0 unspecified atom stereocenters. The molecule has 3 nitrogen and oxygen atoms in total. The fourth-order valence-electron chi connectivity index (χ4n) is 1.79. The highest BCUT2D eigenvalue weighted by Crippen LogP contribution is 2.25. The smallest absolute Gasteiger partial charge is 0.0715 e. The van der Waals surface area contributed by atoms with Crippen LogP contribution in [0.3, 0.4) is 0 Å². The predicted molar refractivity (Wildman–Crippen MR) is 61.5 cm³/mol. The van der Waals surface area contributed by atoms with Crippen LogP contribution in [0.15, 0.2) is 30.3 Å². The number of benzene rings is 1. The molecular weight excluding hydrogens is 186 g/mol. The van der Waals surface area contributed by atoms with E-state index in [1.54, 1.807) is 0 Å². The first-order valence-corrected chi connectivity index (χ1v) is 5.12. The molecule has 2 aromatic rings. The molecule has 2 rings (SSSR count). The standard InChI is InChI=1S/C12H15N3/c1-9-12(10-5-3-2-4-6-10)11(7-8-13)15-14-9/h2-6H,7-8,13H2,1H3,(H,14,15). The van der Waals surface area contributed by atoms with Gasteiger partial charge in [-0.2, -0.15) is 5.10 Å². The van der Waals surface area contributed by atoms with Crippen LogP contribution in [0.1, 0.15) is 11.4 Å². The lowest BCUT2D eigenvalue weighted by Gasteiger charge is -2.02. The number of nitrogens with zero attached hydrogens (tertiary/aromatic N) is 1. The Labute approximate surface area is 89.3 Å². The Morgan fingerprint density at radius 3 is 2.67 bits per heavy atom. The molecule has 0 aliphatic heterocycles. The van der Waals surface area contributed by atoms with Crippen molar-refractivity contribution in [2.24, 2.45) is 5.73 Å². The first kappa shape index (κ1) is 9.93. The minimum atomic E-state index is 0.629. The molecule has 3 N–H and O–H groups in total. The highest BCUT2D eigenvalue weighted by atomic mass is 15.1. The maximum absolute atomic E-state index is 5.56. The summed E-state index contributed by atoms with van der Waals surface area (Å²) in [5, 5.41) is 7.29. The lowest BCUT2D eigenvalue weighted by Crippen LogP contribution is -2.04. The third-order valence-electron chi connectivity index (χ3n) is 2.47. The third-order valence-corrected chi connectivity index (χ3v) is 2.47. The average molecular weight is 201 g/mol. The van der Waals surface area contributed by atoms with Crippen LogP contribution in [0.2, 0.25) is 0 Å². The van der Waals surface area contributed by atoms with Crippen LogP contribution in [0.5, 0.6) is 0 Å². The second-order valence-electron chi connectivity index (χ2n) is 3.58. The Balaban J connectivity index is 2.47. The first-order valence-electron chi connectivity index (χ1n) is 5.12. The number of aromatic amines is 1. The molecule has 0 spiro atoms. The van der Waals surface area contributed by atoms with Crippen LogP contribution < -0.4 is 5.73 Å². The largest absolute Gasteiger partial charge is 0.330 e. The summed E-state index contributed by atoms with van der Waals surface area (Å²) in [5.74, 6) is 0. The Morgan fingerprint density at radius 1 is 1.27 bits per heavy atom. The molecule has 1 heterocycles. The predicted octanol–water partition coefficient (Wildman–Crippen LogP) is 1.89. The topological polar surface area (TPSA) is 54.7 Å². The van der Waals surface area contributed by atoms with Crippen molar-refractivity contribution in [2.75, 3.05) is 6.54 Å². The summed E-state index contributed by atoms with van der Waals surface area (Å²) < 4.78 is 0. The number of aromatic nitrogens is 2. The Hall–Kier alpha value is -1.61. The Kier molecular flexibility index (Phi) is 2.83. The summed E-state index contributed by atoms with van der Waals surface area (Å²) in [5.41, 5.74) is 10.1. The van der Waals surface area contributed by atoms with Crippen molar-refractivity contribution in [3.8, 4) is 11.1 Å². The monoisotopic (exact) mass is 201 g/mol. The van der Waals surface area contributed by atoms with Gasteiger partial charge in [-0.25, -0.2) is 0 Å². The minimum absolute atomic E-state index is 0.629. The van der Waals surface area contributed by atoms with Crippen molar-refractivity contribution in [1.29, 1.82) is 0 Å². The fraction of sp³-hybridized carbons (Fsp3) is 0.250. The molecular formula is C12H15N3. The summed E-state index contributed by atoms with van der Waals surface area (Å²) in [6.07, 6.45) is 0.814. The molecule has 0 aliphatic carbocycles. The van der Waals surface area contributed by atoms with E-state index in [1.807, 2.05) is 25.1 Å². The molecule has 0 aliphatic rings. The van der Waals surface area contributed by atoms with Crippen LogP contribution in [0.25, 0.3) is 11.1 Å². The third kappa shape index (κ3) is 1.92. The maximum atomic E-state index is 5.56. The van der Waals surface area contributed by atoms with Gasteiger partial charge >= 0.3 is 0 Å². The fourth-order valence-corrected chi connectivity index (χ4v) is 1.79. The quantitative estimate of drug-likeness (QED) is 0.796. The molecule has 0 atom stereocenters. The highest BCUT2D eigenvalue weighted by Gasteiger charge is 2.10. The summed E-state index contributed by atoms with van der Waals surface area (Å²) in [4.78, 5) is 0. The summed E-state index contributed by atoms with van der Waals surface area (Å²) in [6.45, 7) is 2.67. The van der Waals surface area contributed by atoms with Crippen molar-refractivity contribution >= 4 is 0 Å². The zero-order valence-electron chi connectivity index (χ0n) is 8.83. The van der Waals surface area contributed by atoms with Crippen molar-refractivity contribution < 1.29 is 0 Å². The van der Waals surface area contributed by atoms with Crippen LogP contribution in [0, 0.1) is 6.92 Å². The van der Waals surface area contributed by atoms with Crippen LogP contribution in [-0.4, -0.2) is 16.7 Å². The molecule has 1 aromatic heterocycles. The van der Waals surface area contributed by atoms with E-state index in [-0.39, 0.29) is 0 Å². The van der Waals surface area contributed by atoms with Gasteiger partial charge in [0.15, 0.2) is 0 Å². The lowest BCUT2D eigenvalue weighted by molar-refractivity contribution is 0.899. The summed E-state index contributed by atoms with van der Waals surface area (Å²) in [7, 11) is 0. The molecule has 0 saturated heterocycles. The number of hydrogen-bond donors (Lipinski definition) is 2. The van der Waals surface area contributed by atoms with Gasteiger partial charge in [0, 0.05) is 17.7 Å². The van der Waals surface area contributed by atoms with E-state index in [0.29, 0.717) is 6.54 Å². The SMILES string of the molecule is Cc1[nH]nc(CCN)c1-c1ccccc1. The van der Waals surface area contributed by atoms with Crippen LogP contribution in [0.4, 0.5) is 0 Å². The van der Waals surface area contributed by atoms with E-state index >= 15 is 0 Å². The number of rotatable bonds is 3. The van der Waals surface area contributed by atoms with Gasteiger partial charge in [0.05, 0.1) is 5.69 Å². The van der Waals surface area contributed by atoms with E-state index in [1.165, 1.54) is 11.1 Å². The number of aryl methyl sites for hydroxylation is 1. The molecule has 1 aromatic carbocycles. The molecule has 0 radical (unpaired) electrons. The molecule has 0 amide bonds. The van der Waals surface area contributed by atoms with Crippen molar-refractivity contribution in [3.63, 3.8) is 0 Å². The minimum Gasteiger partial charge on any atom is -0.330 e. The van der Waals surface area contributed by atoms with Gasteiger partial charge in [-0.1, -0.05) is 30.3 Å². The van der Waals surface area contributed by atoms with Crippen molar-refractivity contribution in [3.05, 3.63) is 41.7 Å². The van der Waals surface area contributed by atoms with E-state index in [9.17, 15) is 0 Å². The van der Waals surface area contributed by atoms with Crippen LogP contribution >= 0.6 is 0 Å². The second-order valence-corrected chi connectivity index (χ2v) is 3.58. The van der Waals surface area contributed by atoms with Crippen molar-refractivity contribution in [1.82, 2.24) is 10.2 Å². The molecule has 78 valence electrons. The number of H-pyrrole nitrogens is 1. The van der Waals surface area contributed by atoms with E-state index in [2.05, 4.69) is 22.3 Å². The average Bonchev–Trinajstić information content (AvgIpc) is 2.62. The zero-order valence-corrected chi connectivity index (χ0v) is 8.83. The van der Waals surface area contributed by atoms with Gasteiger partial charge in [0.1, 0.15) is 0 Å². The van der Waals surface area contributed by atoms with Gasteiger partial charge in [-0.3, -0.25) is 5.10 Å². The zero-order chi connectivity index (χ0) is 10.7. The number of nitrogens with one attached hydrogen (secondary N) is 1. The van der Waals surface area contributed by atoms with Gasteiger partial charge in [-0.15, -0.1) is 0 Å². The molecule has 15 heavy (non-hydrogen) atoms. The van der Waals surface area contributed by atoms with Gasteiger partial charge in [0.25, 0.3) is 0 Å². The lowest BCUT2D eigenvalue weighted by atomic mass is 10.0. The molecule has 0 bridgehead atoms. The van der Waals surface area contributed by atoms with Gasteiger partial charge in [-0.05, 0) is 19.0 Å². The normalized spacial score (nSPS) is 10.5. The molecule has 3 heteroatoms. The van der Waals surface area contributed by atoms with Crippen LogP contribution in [-0.2, 0) is 6.42 Å².